The zero-order valence-electron chi connectivity index (χ0n) is 16.7. The summed E-state index contributed by atoms with van der Waals surface area (Å²) in [7, 11) is 0. The van der Waals surface area contributed by atoms with Crippen molar-refractivity contribution in [1.82, 2.24) is 14.7 Å². The van der Waals surface area contributed by atoms with Crippen LogP contribution in [0.15, 0.2) is 65.6 Å². The van der Waals surface area contributed by atoms with Crippen LogP contribution in [0, 0.1) is 25.2 Å². The zero-order valence-corrected chi connectivity index (χ0v) is 16.7. The van der Waals surface area contributed by atoms with Gasteiger partial charge in [-0.1, -0.05) is 24.3 Å². The van der Waals surface area contributed by atoms with Gasteiger partial charge in [0.15, 0.2) is 0 Å². The molecule has 0 unspecified atom stereocenters. The largest absolute Gasteiger partial charge is 0.438 e. The Morgan fingerprint density at radius 1 is 1.30 bits per heavy atom. The van der Waals surface area contributed by atoms with E-state index in [9.17, 15) is 14.9 Å². The van der Waals surface area contributed by atoms with E-state index in [2.05, 4.69) is 16.9 Å². The molecule has 0 aliphatic heterocycles. The number of nitrogens with one attached hydrogen (secondary N) is 1. The maximum atomic E-state index is 13.1. The highest BCUT2D eigenvalue weighted by Gasteiger charge is 2.17. The fourth-order valence-corrected chi connectivity index (χ4v) is 2.78. The summed E-state index contributed by atoms with van der Waals surface area (Å²) in [5.74, 6) is -0.0664. The second kappa shape index (κ2) is 8.88. The molecule has 2 heterocycles. The quantitative estimate of drug-likeness (QED) is 0.389. The molecule has 0 spiro atoms. The lowest BCUT2D eigenvalue weighted by Gasteiger charge is -2.13. The van der Waals surface area contributed by atoms with E-state index in [0.29, 0.717) is 11.4 Å². The lowest BCUT2D eigenvalue weighted by Crippen LogP contribution is -2.25. The molecule has 0 fully saturated rings. The second-order valence-electron chi connectivity index (χ2n) is 6.53. The van der Waals surface area contributed by atoms with E-state index in [4.69, 9.17) is 4.74 Å². The topological polar surface area (TPSA) is 96.5 Å². The van der Waals surface area contributed by atoms with Crippen LogP contribution in [0.25, 0.3) is 11.7 Å². The predicted molar refractivity (Wildman–Crippen MR) is 114 cm³/mol. The number of nitrogens with zero attached hydrogens (tertiary/aromatic N) is 3. The second-order valence-corrected chi connectivity index (χ2v) is 6.53. The van der Waals surface area contributed by atoms with Crippen LogP contribution in [0.5, 0.6) is 11.6 Å². The molecule has 2 aromatic heterocycles. The van der Waals surface area contributed by atoms with Gasteiger partial charge in [0, 0.05) is 12.7 Å². The van der Waals surface area contributed by atoms with Crippen molar-refractivity contribution in [2.24, 2.45) is 0 Å². The third kappa shape index (κ3) is 4.13. The first kappa shape index (κ1) is 20.6. The van der Waals surface area contributed by atoms with Crippen LogP contribution in [0.3, 0.4) is 0 Å². The minimum absolute atomic E-state index is 0.00455. The maximum Gasteiger partial charge on any atom is 0.269 e. The number of aromatic nitrogens is 2. The minimum atomic E-state index is -0.618. The molecule has 0 saturated carbocycles. The van der Waals surface area contributed by atoms with Crippen molar-refractivity contribution in [2.75, 3.05) is 6.54 Å². The van der Waals surface area contributed by atoms with Crippen molar-refractivity contribution >= 4 is 17.6 Å². The highest BCUT2D eigenvalue weighted by molar-refractivity contribution is 6.02. The molecule has 3 rings (SSSR count). The molecular weight excluding hydrogens is 380 g/mol. The SMILES string of the molecule is C=CCNC(=O)/C(C#N)=C/c1c(Oc2cccc(C)c2C)nc2ccccn2c1=O. The summed E-state index contributed by atoms with van der Waals surface area (Å²) in [6.07, 6.45) is 4.26. The van der Waals surface area contributed by atoms with Crippen molar-refractivity contribution in [2.45, 2.75) is 13.8 Å². The number of carbonyl (C=O) groups is 1. The Hall–Kier alpha value is -4.18. The van der Waals surface area contributed by atoms with Gasteiger partial charge in [-0.3, -0.25) is 14.0 Å². The molecule has 30 heavy (non-hydrogen) atoms. The molecule has 7 nitrogen and oxygen atoms in total. The third-order valence-electron chi connectivity index (χ3n) is 4.56. The van der Waals surface area contributed by atoms with Gasteiger partial charge in [-0.25, -0.2) is 0 Å². The monoisotopic (exact) mass is 400 g/mol. The highest BCUT2D eigenvalue weighted by atomic mass is 16.5. The Morgan fingerprint density at radius 2 is 2.10 bits per heavy atom. The van der Waals surface area contributed by atoms with Gasteiger partial charge in [0.05, 0.1) is 0 Å². The minimum Gasteiger partial charge on any atom is -0.438 e. The summed E-state index contributed by atoms with van der Waals surface area (Å²) in [6, 6.07) is 12.5. The number of ether oxygens (including phenoxy) is 1. The van der Waals surface area contributed by atoms with Crippen LogP contribution in [-0.4, -0.2) is 21.8 Å². The van der Waals surface area contributed by atoms with Crippen LogP contribution in [-0.2, 0) is 4.79 Å². The van der Waals surface area contributed by atoms with Gasteiger partial charge in [-0.15, -0.1) is 6.58 Å². The number of aryl methyl sites for hydroxylation is 1. The highest BCUT2D eigenvalue weighted by Crippen LogP contribution is 2.28. The van der Waals surface area contributed by atoms with E-state index < -0.39 is 11.5 Å². The van der Waals surface area contributed by atoms with Crippen LogP contribution in [0.1, 0.15) is 16.7 Å². The molecule has 1 aromatic carbocycles. The number of rotatable bonds is 6. The number of nitriles is 1. The molecule has 1 N–H and O–H groups in total. The average molecular weight is 400 g/mol. The summed E-state index contributed by atoms with van der Waals surface area (Å²) in [6.45, 7) is 7.57. The van der Waals surface area contributed by atoms with Crippen LogP contribution in [0.2, 0.25) is 0 Å². The Bertz CT molecular complexity index is 1270. The molecule has 0 saturated heterocycles. The molecule has 0 aliphatic carbocycles. The zero-order chi connectivity index (χ0) is 21.7. The number of fused-ring (bicyclic) bond motifs is 1. The molecule has 0 atom stereocenters. The van der Waals surface area contributed by atoms with Crippen molar-refractivity contribution < 1.29 is 9.53 Å². The molecule has 0 bridgehead atoms. The van der Waals surface area contributed by atoms with Crippen LogP contribution < -0.4 is 15.6 Å². The fraction of sp³-hybridized carbons (Fsp3) is 0.130. The van der Waals surface area contributed by atoms with Gasteiger partial charge in [-0.05, 0) is 49.2 Å². The smallest absolute Gasteiger partial charge is 0.269 e. The molecule has 0 aliphatic rings. The Morgan fingerprint density at radius 3 is 2.83 bits per heavy atom. The summed E-state index contributed by atoms with van der Waals surface area (Å²) >= 11 is 0. The van der Waals surface area contributed by atoms with Gasteiger partial charge in [0.2, 0.25) is 5.88 Å². The molecule has 0 radical (unpaired) electrons. The van der Waals surface area contributed by atoms with E-state index in [1.165, 1.54) is 16.6 Å². The van der Waals surface area contributed by atoms with Crippen molar-refractivity contribution in [3.63, 3.8) is 0 Å². The van der Waals surface area contributed by atoms with Gasteiger partial charge >= 0.3 is 0 Å². The molecule has 1 amide bonds. The molecular formula is C23H20N4O3. The number of pyridine rings is 1. The van der Waals surface area contributed by atoms with E-state index in [0.717, 1.165) is 11.1 Å². The molecule has 150 valence electrons. The van der Waals surface area contributed by atoms with E-state index in [1.54, 1.807) is 30.5 Å². The number of hydrogen-bond donors (Lipinski definition) is 1. The first-order chi connectivity index (χ1) is 14.5. The first-order valence-corrected chi connectivity index (χ1v) is 9.22. The Balaban J connectivity index is 2.20. The summed E-state index contributed by atoms with van der Waals surface area (Å²) in [5.41, 5.74) is 1.61. The maximum absolute atomic E-state index is 13.1. The number of carbonyl (C=O) groups excluding carboxylic acids is 1. The summed E-state index contributed by atoms with van der Waals surface area (Å²) in [5, 5.41) is 12.0. The van der Waals surface area contributed by atoms with E-state index in [-0.39, 0.29) is 23.6 Å². The van der Waals surface area contributed by atoms with E-state index in [1.807, 2.05) is 32.0 Å². The third-order valence-corrected chi connectivity index (χ3v) is 4.56. The fourth-order valence-electron chi connectivity index (χ4n) is 2.78. The lowest BCUT2D eigenvalue weighted by molar-refractivity contribution is -0.116. The van der Waals surface area contributed by atoms with Gasteiger partial charge in [-0.2, -0.15) is 10.2 Å². The standard InChI is InChI=1S/C23H20N4O3/c1-4-11-25-21(28)17(14-24)13-18-22(30-19-9-7-8-15(2)16(19)3)26-20-10-5-6-12-27(20)23(18)29/h4-10,12-13H,1,11H2,2-3H3,(H,25,28)/b17-13+. The van der Waals surface area contributed by atoms with Gasteiger partial charge in [0.1, 0.15) is 28.6 Å². The summed E-state index contributed by atoms with van der Waals surface area (Å²) < 4.78 is 7.32. The predicted octanol–water partition coefficient (Wildman–Crippen LogP) is 3.31. The number of amides is 1. The average Bonchev–Trinajstić information content (AvgIpc) is 2.75. The van der Waals surface area contributed by atoms with Crippen LogP contribution in [0.4, 0.5) is 0 Å². The van der Waals surface area contributed by atoms with Gasteiger partial charge in [0.25, 0.3) is 11.5 Å². The lowest BCUT2D eigenvalue weighted by atomic mass is 10.1. The van der Waals surface area contributed by atoms with E-state index >= 15 is 0 Å². The van der Waals surface area contributed by atoms with Crippen molar-refractivity contribution in [3.8, 4) is 17.7 Å². The normalized spacial score (nSPS) is 11.0. The molecule has 7 heteroatoms. The van der Waals surface area contributed by atoms with Crippen LogP contribution >= 0.6 is 0 Å². The first-order valence-electron chi connectivity index (χ1n) is 9.22. The van der Waals surface area contributed by atoms with Gasteiger partial charge < -0.3 is 10.1 Å². The number of benzene rings is 1. The molecule has 3 aromatic rings. The Kier molecular flexibility index (Phi) is 6.08. The van der Waals surface area contributed by atoms with Crippen molar-refractivity contribution in [1.29, 1.82) is 5.26 Å². The van der Waals surface area contributed by atoms with Crippen molar-refractivity contribution in [3.05, 3.63) is 87.9 Å². The summed E-state index contributed by atoms with van der Waals surface area (Å²) in [4.78, 5) is 29.8. The number of hydrogen-bond acceptors (Lipinski definition) is 5. The Labute approximate surface area is 173 Å².